The van der Waals surface area contributed by atoms with Crippen molar-refractivity contribution < 1.29 is 9.90 Å². The van der Waals surface area contributed by atoms with E-state index in [2.05, 4.69) is 16.0 Å². The number of hydrogen-bond acceptors (Lipinski definition) is 6. The van der Waals surface area contributed by atoms with E-state index in [-0.39, 0.29) is 5.56 Å². The summed E-state index contributed by atoms with van der Waals surface area (Å²) in [4.78, 5) is 23.7. The van der Waals surface area contributed by atoms with Crippen LogP contribution in [0.1, 0.15) is 26.4 Å². The van der Waals surface area contributed by atoms with E-state index in [9.17, 15) is 15.2 Å². The Morgan fingerprint density at radius 3 is 2.56 bits per heavy atom. The number of rotatable bonds is 3. The average molecular weight is 352 g/mol. The van der Waals surface area contributed by atoms with Gasteiger partial charge in [0.1, 0.15) is 21.6 Å². The molecule has 0 spiro atoms. The third kappa shape index (κ3) is 2.81. The molecule has 0 radical (unpaired) electrons. The third-order valence-electron chi connectivity index (χ3n) is 4.01. The van der Waals surface area contributed by atoms with Crippen molar-refractivity contribution in [2.24, 2.45) is 0 Å². The van der Waals surface area contributed by atoms with E-state index < -0.39 is 5.97 Å². The van der Waals surface area contributed by atoms with E-state index in [0.29, 0.717) is 16.3 Å². The summed E-state index contributed by atoms with van der Waals surface area (Å²) in [6.07, 6.45) is 0. The molecule has 0 saturated heterocycles. The normalized spacial score (nSPS) is 10.7. The quantitative estimate of drug-likeness (QED) is 0.774. The van der Waals surface area contributed by atoms with Gasteiger partial charge in [0, 0.05) is 19.7 Å². The molecular formula is C18H16N4O2S. The van der Waals surface area contributed by atoms with Gasteiger partial charge in [-0.15, -0.1) is 11.3 Å². The fourth-order valence-electron chi connectivity index (χ4n) is 2.72. The molecule has 6 nitrogen and oxygen atoms in total. The molecule has 25 heavy (non-hydrogen) atoms. The molecule has 7 heteroatoms. The Balaban J connectivity index is 2.26. The minimum atomic E-state index is -0.957. The van der Waals surface area contributed by atoms with Gasteiger partial charge >= 0.3 is 5.97 Å². The van der Waals surface area contributed by atoms with E-state index in [1.54, 1.807) is 25.1 Å². The molecule has 2 aromatic heterocycles. The number of anilines is 1. The van der Waals surface area contributed by atoms with Crippen LogP contribution in [0.3, 0.4) is 0 Å². The van der Waals surface area contributed by atoms with Crippen LogP contribution >= 0.6 is 11.3 Å². The van der Waals surface area contributed by atoms with Gasteiger partial charge in [-0.3, -0.25) is 0 Å². The highest BCUT2D eigenvalue weighted by atomic mass is 32.1. The average Bonchev–Trinajstić information content (AvgIpc) is 2.89. The molecule has 0 bridgehead atoms. The van der Waals surface area contributed by atoms with Crippen LogP contribution in [0.2, 0.25) is 0 Å². The van der Waals surface area contributed by atoms with Gasteiger partial charge in [0.05, 0.1) is 10.9 Å². The van der Waals surface area contributed by atoms with Crippen LogP contribution in [-0.4, -0.2) is 35.1 Å². The Labute approximate surface area is 149 Å². The van der Waals surface area contributed by atoms with Gasteiger partial charge in [-0.05, 0) is 37.1 Å². The molecule has 0 atom stereocenters. The molecule has 0 unspecified atom stereocenters. The van der Waals surface area contributed by atoms with Crippen molar-refractivity contribution in [3.05, 3.63) is 39.8 Å². The predicted octanol–water partition coefficient (Wildman–Crippen LogP) is 3.61. The SMILES string of the molecule is Cc1cc(-c2nc(N(C)C)c3c(C)c(C#N)sc3n2)ccc1C(=O)O. The number of nitriles is 1. The summed E-state index contributed by atoms with van der Waals surface area (Å²) in [6, 6.07) is 7.26. The topological polar surface area (TPSA) is 90.1 Å². The van der Waals surface area contributed by atoms with Crippen molar-refractivity contribution in [2.45, 2.75) is 13.8 Å². The summed E-state index contributed by atoms with van der Waals surface area (Å²) >= 11 is 1.34. The molecule has 126 valence electrons. The highest BCUT2D eigenvalue weighted by Gasteiger charge is 2.18. The first kappa shape index (κ1) is 16.9. The summed E-state index contributed by atoms with van der Waals surface area (Å²) in [5, 5.41) is 19.4. The Morgan fingerprint density at radius 2 is 2.00 bits per heavy atom. The number of carboxylic acid groups (broad SMARTS) is 1. The van der Waals surface area contributed by atoms with Gasteiger partial charge in [-0.1, -0.05) is 6.07 Å². The number of thiophene rings is 1. The second-order valence-electron chi connectivity index (χ2n) is 5.95. The lowest BCUT2D eigenvalue weighted by molar-refractivity contribution is 0.0696. The highest BCUT2D eigenvalue weighted by Crippen LogP contribution is 2.36. The summed E-state index contributed by atoms with van der Waals surface area (Å²) in [6.45, 7) is 3.65. The number of nitrogens with zero attached hydrogens (tertiary/aromatic N) is 4. The number of fused-ring (bicyclic) bond motifs is 1. The smallest absolute Gasteiger partial charge is 0.335 e. The maximum atomic E-state index is 11.2. The molecule has 0 aliphatic carbocycles. The maximum absolute atomic E-state index is 11.2. The Morgan fingerprint density at radius 1 is 1.28 bits per heavy atom. The minimum Gasteiger partial charge on any atom is -0.478 e. The highest BCUT2D eigenvalue weighted by molar-refractivity contribution is 7.19. The first-order valence-corrected chi connectivity index (χ1v) is 8.38. The molecule has 1 N–H and O–H groups in total. The van der Waals surface area contributed by atoms with Crippen LogP contribution in [0.4, 0.5) is 5.82 Å². The number of aryl methyl sites for hydroxylation is 2. The lowest BCUT2D eigenvalue weighted by Gasteiger charge is -2.15. The molecule has 0 aliphatic rings. The maximum Gasteiger partial charge on any atom is 0.335 e. The van der Waals surface area contributed by atoms with Crippen LogP contribution in [0.15, 0.2) is 18.2 Å². The summed E-state index contributed by atoms with van der Waals surface area (Å²) in [5.41, 5.74) is 2.55. The van der Waals surface area contributed by atoms with Gasteiger partial charge in [0.25, 0.3) is 0 Å². The summed E-state index contributed by atoms with van der Waals surface area (Å²) in [7, 11) is 3.79. The Kier molecular flexibility index (Phi) is 4.15. The zero-order valence-electron chi connectivity index (χ0n) is 14.3. The van der Waals surface area contributed by atoms with Crippen LogP contribution < -0.4 is 4.90 Å². The second kappa shape index (κ2) is 6.15. The van der Waals surface area contributed by atoms with Crippen molar-refractivity contribution in [1.29, 1.82) is 5.26 Å². The molecule has 2 heterocycles. The number of aromatic carboxylic acids is 1. The molecule has 0 fully saturated rings. The molecular weight excluding hydrogens is 336 g/mol. The predicted molar refractivity (Wildman–Crippen MR) is 98.3 cm³/mol. The van der Waals surface area contributed by atoms with E-state index >= 15 is 0 Å². The fourth-order valence-corrected chi connectivity index (χ4v) is 3.69. The van der Waals surface area contributed by atoms with Crippen molar-refractivity contribution in [1.82, 2.24) is 9.97 Å². The van der Waals surface area contributed by atoms with E-state index in [1.165, 1.54) is 11.3 Å². The van der Waals surface area contributed by atoms with E-state index in [4.69, 9.17) is 0 Å². The molecule has 0 aliphatic heterocycles. The van der Waals surface area contributed by atoms with Crippen LogP contribution in [-0.2, 0) is 0 Å². The molecule has 0 saturated carbocycles. The van der Waals surface area contributed by atoms with Crippen molar-refractivity contribution in [2.75, 3.05) is 19.0 Å². The zero-order chi connectivity index (χ0) is 18.3. The number of carbonyl (C=O) groups is 1. The van der Waals surface area contributed by atoms with Gasteiger partial charge in [0.2, 0.25) is 0 Å². The van der Waals surface area contributed by atoms with E-state index in [1.807, 2.05) is 25.9 Å². The van der Waals surface area contributed by atoms with Crippen LogP contribution in [0, 0.1) is 25.2 Å². The van der Waals surface area contributed by atoms with Crippen molar-refractivity contribution in [3.63, 3.8) is 0 Å². The van der Waals surface area contributed by atoms with Gasteiger partial charge in [-0.2, -0.15) is 5.26 Å². The molecule has 0 amide bonds. The Hall–Kier alpha value is -2.98. The largest absolute Gasteiger partial charge is 0.478 e. The van der Waals surface area contributed by atoms with Crippen molar-refractivity contribution >= 4 is 33.3 Å². The molecule has 1 aromatic carbocycles. The summed E-state index contributed by atoms with van der Waals surface area (Å²) in [5.74, 6) is 0.305. The zero-order valence-corrected chi connectivity index (χ0v) is 15.1. The number of hydrogen-bond donors (Lipinski definition) is 1. The first-order valence-electron chi connectivity index (χ1n) is 7.56. The Bertz CT molecular complexity index is 1050. The number of aromatic nitrogens is 2. The van der Waals surface area contributed by atoms with Gasteiger partial charge in [0.15, 0.2) is 5.82 Å². The molecule has 3 aromatic rings. The lowest BCUT2D eigenvalue weighted by atomic mass is 10.0. The van der Waals surface area contributed by atoms with Gasteiger partial charge < -0.3 is 10.0 Å². The third-order valence-corrected chi connectivity index (χ3v) is 5.10. The number of carboxylic acids is 1. The van der Waals surface area contributed by atoms with E-state index in [0.717, 1.165) is 27.2 Å². The van der Waals surface area contributed by atoms with Crippen LogP contribution in [0.25, 0.3) is 21.6 Å². The summed E-state index contributed by atoms with van der Waals surface area (Å²) < 4.78 is 0. The van der Waals surface area contributed by atoms with Gasteiger partial charge in [-0.25, -0.2) is 14.8 Å². The van der Waals surface area contributed by atoms with Crippen molar-refractivity contribution in [3.8, 4) is 17.5 Å². The monoisotopic (exact) mass is 352 g/mol. The van der Waals surface area contributed by atoms with Crippen LogP contribution in [0.5, 0.6) is 0 Å². The molecule has 3 rings (SSSR count). The minimum absolute atomic E-state index is 0.261. The first-order chi connectivity index (χ1) is 11.8. The standard InChI is InChI=1S/C18H16N4O2S/c1-9-7-11(5-6-12(9)18(23)24)15-20-16(22(3)4)14-10(2)13(8-19)25-17(14)21-15/h5-7H,1-4H3,(H,23,24). The fraction of sp³-hybridized carbons (Fsp3) is 0.222. The number of benzene rings is 1. The second-order valence-corrected chi connectivity index (χ2v) is 6.95. The lowest BCUT2D eigenvalue weighted by Crippen LogP contribution is -2.12.